The summed E-state index contributed by atoms with van der Waals surface area (Å²) in [6.45, 7) is 3.62. The fraction of sp³-hybridized carbons (Fsp3) is 0.750. The number of nitrogens with two attached hydrogens (primary N) is 1. The second-order valence-corrected chi connectivity index (χ2v) is 1.51. The van der Waals surface area contributed by atoms with E-state index in [0.29, 0.717) is 5.92 Å². The van der Waals surface area contributed by atoms with E-state index in [1.807, 2.05) is 6.54 Å². The SMILES string of the molecule is NCC1[CH][N]C1. The van der Waals surface area contributed by atoms with Crippen LogP contribution >= 0.6 is 0 Å². The average Bonchev–Trinajstić information content (AvgIpc) is 1.31. The van der Waals surface area contributed by atoms with Crippen LogP contribution in [-0.4, -0.2) is 13.1 Å². The first-order valence-corrected chi connectivity index (χ1v) is 2.13. The molecule has 34 valence electrons. The van der Waals surface area contributed by atoms with E-state index in [-0.39, 0.29) is 0 Å². The van der Waals surface area contributed by atoms with Gasteiger partial charge < -0.3 is 5.73 Å². The van der Waals surface area contributed by atoms with Crippen LogP contribution in [0.5, 0.6) is 0 Å². The summed E-state index contributed by atoms with van der Waals surface area (Å²) in [5.74, 6) is 0.602. The Labute approximate surface area is 37.7 Å². The Bertz CT molecular complexity index is 38.1. The van der Waals surface area contributed by atoms with Crippen LogP contribution in [-0.2, 0) is 0 Å². The van der Waals surface area contributed by atoms with E-state index in [1.165, 1.54) is 0 Å². The molecule has 0 saturated carbocycles. The predicted molar refractivity (Wildman–Crippen MR) is 23.8 cm³/mol. The van der Waals surface area contributed by atoms with Crippen molar-refractivity contribution in [3.05, 3.63) is 6.54 Å². The van der Waals surface area contributed by atoms with Gasteiger partial charge in [-0.3, -0.25) is 0 Å². The van der Waals surface area contributed by atoms with Crippen molar-refractivity contribution in [1.82, 2.24) is 5.32 Å². The summed E-state index contributed by atoms with van der Waals surface area (Å²) in [6, 6.07) is 0. The van der Waals surface area contributed by atoms with Crippen LogP contribution in [0.2, 0.25) is 0 Å². The quantitative estimate of drug-likeness (QED) is 0.450. The molecule has 0 aromatic heterocycles. The Kier molecular flexibility index (Phi) is 1.08. The lowest BCUT2D eigenvalue weighted by molar-refractivity contribution is 0.425. The van der Waals surface area contributed by atoms with Crippen molar-refractivity contribution in [2.45, 2.75) is 0 Å². The van der Waals surface area contributed by atoms with Crippen LogP contribution in [0.4, 0.5) is 0 Å². The third kappa shape index (κ3) is 0.533. The summed E-state index contributed by atoms with van der Waals surface area (Å²) in [5.41, 5.74) is 5.24. The molecular formula is C4H8N2. The molecule has 2 nitrogen and oxygen atoms in total. The lowest BCUT2D eigenvalue weighted by Gasteiger charge is -2.21. The van der Waals surface area contributed by atoms with E-state index in [1.54, 1.807) is 0 Å². The Balaban J connectivity index is 2.01. The van der Waals surface area contributed by atoms with Gasteiger partial charge in [0, 0.05) is 19.0 Å². The summed E-state index contributed by atoms with van der Waals surface area (Å²) in [5, 5.41) is 3.86. The van der Waals surface area contributed by atoms with Gasteiger partial charge in [-0.2, -0.15) is 0 Å². The topological polar surface area (TPSA) is 40.1 Å². The highest BCUT2D eigenvalue weighted by atomic mass is 15.0. The minimum absolute atomic E-state index is 0.602. The smallest absolute Gasteiger partial charge is 0.0472 e. The molecule has 6 heavy (non-hydrogen) atoms. The zero-order valence-corrected chi connectivity index (χ0v) is 3.59. The Morgan fingerprint density at radius 1 is 2.00 bits per heavy atom. The van der Waals surface area contributed by atoms with E-state index in [2.05, 4.69) is 5.32 Å². The van der Waals surface area contributed by atoms with E-state index < -0.39 is 0 Å². The van der Waals surface area contributed by atoms with Gasteiger partial charge in [-0.1, -0.05) is 0 Å². The van der Waals surface area contributed by atoms with Crippen LogP contribution in [0.25, 0.3) is 0 Å². The minimum Gasteiger partial charge on any atom is -0.330 e. The highest BCUT2D eigenvalue weighted by Gasteiger charge is 2.15. The average molecular weight is 84.1 g/mol. The largest absolute Gasteiger partial charge is 0.330 e. The van der Waals surface area contributed by atoms with Crippen molar-refractivity contribution in [2.24, 2.45) is 11.7 Å². The van der Waals surface area contributed by atoms with Crippen LogP contribution in [0.15, 0.2) is 0 Å². The number of rotatable bonds is 1. The zero-order valence-electron chi connectivity index (χ0n) is 3.59. The zero-order chi connectivity index (χ0) is 4.41. The summed E-state index contributed by atoms with van der Waals surface area (Å²) >= 11 is 0. The van der Waals surface area contributed by atoms with Crippen molar-refractivity contribution in [1.29, 1.82) is 0 Å². The van der Waals surface area contributed by atoms with Gasteiger partial charge in [0.15, 0.2) is 0 Å². The van der Waals surface area contributed by atoms with E-state index in [4.69, 9.17) is 5.73 Å². The highest BCUT2D eigenvalue weighted by molar-refractivity contribution is 4.86. The second kappa shape index (κ2) is 1.58. The van der Waals surface area contributed by atoms with Gasteiger partial charge in [-0.25, -0.2) is 5.32 Å². The number of nitrogens with zero attached hydrogens (tertiary/aromatic N) is 1. The van der Waals surface area contributed by atoms with E-state index in [9.17, 15) is 0 Å². The standard InChI is InChI=1S/C4H8N2/c5-1-4-2-6-3-4/h2,4H,1,3,5H2. The molecule has 1 heterocycles. The van der Waals surface area contributed by atoms with Crippen molar-refractivity contribution >= 4 is 0 Å². The molecule has 0 aliphatic carbocycles. The molecule has 0 spiro atoms. The van der Waals surface area contributed by atoms with Gasteiger partial charge in [0.1, 0.15) is 0 Å². The molecule has 1 saturated heterocycles. The molecule has 1 fully saturated rings. The van der Waals surface area contributed by atoms with Gasteiger partial charge in [0.2, 0.25) is 0 Å². The first-order chi connectivity index (χ1) is 2.93. The van der Waals surface area contributed by atoms with E-state index >= 15 is 0 Å². The van der Waals surface area contributed by atoms with Crippen LogP contribution in [0.1, 0.15) is 0 Å². The molecular weight excluding hydrogens is 76.1 g/mol. The maximum Gasteiger partial charge on any atom is 0.0472 e. The fourth-order valence-corrected chi connectivity index (χ4v) is 0.390. The third-order valence-corrected chi connectivity index (χ3v) is 0.959. The lowest BCUT2D eigenvalue weighted by atomic mass is 10.1. The lowest BCUT2D eigenvalue weighted by Crippen LogP contribution is -2.35. The summed E-state index contributed by atoms with van der Waals surface area (Å²) in [6.07, 6.45) is 0. The summed E-state index contributed by atoms with van der Waals surface area (Å²) < 4.78 is 0. The summed E-state index contributed by atoms with van der Waals surface area (Å²) in [7, 11) is 0. The predicted octanol–water partition coefficient (Wildman–Crippen LogP) is -0.659. The van der Waals surface area contributed by atoms with Gasteiger partial charge in [0.25, 0.3) is 0 Å². The molecule has 0 aromatic rings. The van der Waals surface area contributed by atoms with Crippen molar-refractivity contribution in [2.75, 3.05) is 13.1 Å². The molecule has 1 aliphatic rings. The second-order valence-electron chi connectivity index (χ2n) is 1.51. The Hall–Kier alpha value is -0.0800. The van der Waals surface area contributed by atoms with Crippen LogP contribution in [0.3, 0.4) is 0 Å². The van der Waals surface area contributed by atoms with Crippen molar-refractivity contribution in [3.8, 4) is 0 Å². The Morgan fingerprint density at radius 2 is 2.67 bits per heavy atom. The number of hydrogen-bond donors (Lipinski definition) is 1. The molecule has 2 heteroatoms. The van der Waals surface area contributed by atoms with Crippen molar-refractivity contribution < 1.29 is 0 Å². The monoisotopic (exact) mass is 84.1 g/mol. The van der Waals surface area contributed by atoms with Crippen molar-refractivity contribution in [3.63, 3.8) is 0 Å². The molecule has 0 bridgehead atoms. The van der Waals surface area contributed by atoms with Crippen LogP contribution < -0.4 is 11.1 Å². The Morgan fingerprint density at radius 3 is 2.67 bits per heavy atom. The van der Waals surface area contributed by atoms with Gasteiger partial charge >= 0.3 is 0 Å². The normalized spacial score (nSPS) is 23.5. The first-order valence-electron chi connectivity index (χ1n) is 2.13. The molecule has 1 unspecified atom stereocenters. The molecule has 2 radical (unpaired) electrons. The number of hydrogen-bond acceptors (Lipinski definition) is 1. The minimum atomic E-state index is 0.602. The first kappa shape index (κ1) is 4.09. The van der Waals surface area contributed by atoms with Crippen LogP contribution in [0, 0.1) is 12.5 Å². The van der Waals surface area contributed by atoms with Gasteiger partial charge in [-0.05, 0) is 6.54 Å². The molecule has 1 rings (SSSR count). The maximum absolute atomic E-state index is 5.24. The van der Waals surface area contributed by atoms with E-state index in [0.717, 1.165) is 13.1 Å². The van der Waals surface area contributed by atoms with Gasteiger partial charge in [-0.15, -0.1) is 0 Å². The molecule has 1 aliphatic heterocycles. The molecule has 0 aromatic carbocycles. The fourth-order valence-electron chi connectivity index (χ4n) is 0.390. The highest BCUT2D eigenvalue weighted by Crippen LogP contribution is 2.05. The maximum atomic E-state index is 5.24. The third-order valence-electron chi connectivity index (χ3n) is 0.959. The molecule has 1 atom stereocenters. The summed E-state index contributed by atoms with van der Waals surface area (Å²) in [4.78, 5) is 0. The van der Waals surface area contributed by atoms with Gasteiger partial charge in [0.05, 0.1) is 0 Å². The molecule has 0 amide bonds. The molecule has 2 N–H and O–H groups in total.